The topological polar surface area (TPSA) is 115 Å². The maximum atomic E-state index is 10.1. The molecule has 0 aliphatic heterocycles. The summed E-state index contributed by atoms with van der Waals surface area (Å²) in [6.45, 7) is -1.80. The van der Waals surface area contributed by atoms with Crippen molar-refractivity contribution in [1.29, 1.82) is 0 Å². The maximum absolute atomic E-state index is 10.1. The van der Waals surface area contributed by atoms with Gasteiger partial charge in [0.05, 0.1) is 19.6 Å². The molecule has 0 aromatic heterocycles. The first-order valence-corrected chi connectivity index (χ1v) is 3.29. The summed E-state index contributed by atoms with van der Waals surface area (Å²) in [6.07, 6.45) is 0. The molecule has 0 unspecified atom stereocenters. The Morgan fingerprint density at radius 1 is 0.857 bits per heavy atom. The van der Waals surface area contributed by atoms with Crippen LogP contribution < -0.4 is 18.9 Å². The van der Waals surface area contributed by atoms with E-state index in [0.717, 1.165) is 4.90 Å². The van der Waals surface area contributed by atoms with Gasteiger partial charge in [-0.3, -0.25) is 19.3 Å². The van der Waals surface area contributed by atoms with Gasteiger partial charge in [-0.15, -0.1) is 0 Å². The van der Waals surface area contributed by atoms with E-state index in [1.165, 1.54) is 0 Å². The predicted molar refractivity (Wildman–Crippen MR) is 40.5 cm³/mol. The molecule has 0 heterocycles. The van der Waals surface area contributed by atoms with E-state index in [0.29, 0.717) is 0 Å². The van der Waals surface area contributed by atoms with Crippen molar-refractivity contribution in [3.63, 3.8) is 0 Å². The fourth-order valence-electron chi connectivity index (χ4n) is 0.742. The molecular weight excluding hydrogens is 189 g/mol. The van der Waals surface area contributed by atoms with Crippen LogP contribution in [0, 0.1) is 0 Å². The van der Waals surface area contributed by atoms with Crippen LogP contribution in [0.3, 0.4) is 0 Å². The summed E-state index contributed by atoms with van der Waals surface area (Å²) >= 11 is 0. The number of rotatable bonds is 6. The van der Waals surface area contributed by atoms with E-state index in [2.05, 4.69) is 0 Å². The van der Waals surface area contributed by atoms with Crippen LogP contribution in [0.15, 0.2) is 0 Å². The predicted octanol–water partition coefficient (Wildman–Crippen LogP) is -4.34. The van der Waals surface area contributed by atoms with Crippen molar-refractivity contribution in [2.24, 2.45) is 0 Å². The zero-order valence-corrected chi connectivity index (χ0v) is 7.63. The van der Waals surface area contributed by atoms with Crippen LogP contribution in [0.1, 0.15) is 1.43 Å². The van der Waals surface area contributed by atoms with Crippen LogP contribution in [-0.2, 0) is 14.4 Å². The number of aliphatic carboxylic acids is 3. The van der Waals surface area contributed by atoms with Crippen LogP contribution in [-0.4, -0.2) is 57.8 Å². The Hall–Kier alpha value is -1.03. The smallest absolute Gasteiger partial charge is 1.00 e. The van der Waals surface area contributed by atoms with Gasteiger partial charge in [-0.1, -0.05) is 0 Å². The summed E-state index contributed by atoms with van der Waals surface area (Å²) < 4.78 is 0. The van der Waals surface area contributed by atoms with Gasteiger partial charge in [0.25, 0.3) is 0 Å². The molecule has 14 heavy (non-hydrogen) atoms. The van der Waals surface area contributed by atoms with E-state index in [1.807, 2.05) is 0 Å². The van der Waals surface area contributed by atoms with Gasteiger partial charge in [0.1, 0.15) is 0 Å². The Bertz CT molecular complexity index is 198. The largest absolute Gasteiger partial charge is 1.00 e. The fraction of sp³-hybridized carbons (Fsp3) is 0.500. The van der Waals surface area contributed by atoms with Crippen molar-refractivity contribution in [3.8, 4) is 0 Å². The average molecular weight is 199 g/mol. The molecule has 0 aliphatic rings. The van der Waals surface area contributed by atoms with Crippen LogP contribution in [0.25, 0.3) is 0 Å². The first kappa shape index (κ1) is 15.4. The summed E-state index contributed by atoms with van der Waals surface area (Å²) in [4.78, 5) is 31.2. The fourth-order valence-corrected chi connectivity index (χ4v) is 0.742. The molecule has 0 spiro atoms. The standard InChI is InChI=1S/C6H9NO6.Li.H/c8-4(9)1-7(2-5(10)11)3-6(12)13;;/h1-3H2,(H,8,9)(H,10,11)(H,12,13);;/q;+1;-1. The zero-order valence-electron chi connectivity index (χ0n) is 8.63. The second kappa shape index (κ2) is 7.38. The molecule has 0 aliphatic carbocycles. The third kappa shape index (κ3) is 9.06. The molecule has 0 saturated carbocycles. The van der Waals surface area contributed by atoms with Crippen molar-refractivity contribution in [3.05, 3.63) is 0 Å². The molecule has 0 fully saturated rings. The molecule has 3 N–H and O–H groups in total. The summed E-state index contributed by atoms with van der Waals surface area (Å²) in [5, 5.41) is 24.8. The number of nitrogens with zero attached hydrogens (tertiary/aromatic N) is 1. The van der Waals surface area contributed by atoms with E-state index in [9.17, 15) is 14.4 Å². The van der Waals surface area contributed by atoms with E-state index < -0.39 is 37.5 Å². The number of carboxylic acid groups (broad SMARTS) is 3. The average Bonchev–Trinajstić information content (AvgIpc) is 1.80. The van der Waals surface area contributed by atoms with Gasteiger partial charge in [-0.05, 0) is 0 Å². The second-order valence-electron chi connectivity index (χ2n) is 2.33. The molecule has 0 radical (unpaired) electrons. The summed E-state index contributed by atoms with van der Waals surface area (Å²) in [6, 6.07) is 0. The first-order chi connectivity index (χ1) is 5.91. The second-order valence-corrected chi connectivity index (χ2v) is 2.33. The minimum absolute atomic E-state index is 0. The van der Waals surface area contributed by atoms with Gasteiger partial charge in [-0.2, -0.15) is 0 Å². The summed E-state index contributed by atoms with van der Waals surface area (Å²) in [5.74, 6) is -3.78. The first-order valence-electron chi connectivity index (χ1n) is 3.29. The zero-order chi connectivity index (χ0) is 10.4. The molecule has 7 nitrogen and oxygen atoms in total. The molecule has 0 bridgehead atoms. The minimum atomic E-state index is -1.26. The van der Waals surface area contributed by atoms with E-state index in [1.54, 1.807) is 0 Å². The van der Waals surface area contributed by atoms with Crippen molar-refractivity contribution < 1.29 is 50.0 Å². The van der Waals surface area contributed by atoms with Crippen LogP contribution in [0.5, 0.6) is 0 Å². The molecular formula is C6H10LiNO6. The van der Waals surface area contributed by atoms with E-state index in [4.69, 9.17) is 15.3 Å². The van der Waals surface area contributed by atoms with Crippen molar-refractivity contribution in [2.75, 3.05) is 19.6 Å². The number of carbonyl (C=O) groups is 3. The number of hydrogen-bond acceptors (Lipinski definition) is 4. The van der Waals surface area contributed by atoms with Gasteiger partial charge in [-0.25, -0.2) is 0 Å². The van der Waals surface area contributed by atoms with E-state index >= 15 is 0 Å². The Balaban J connectivity index is -0.000000720. The Labute approximate surface area is 93.0 Å². The van der Waals surface area contributed by atoms with Gasteiger partial charge >= 0.3 is 36.8 Å². The minimum Gasteiger partial charge on any atom is -1.00 e. The van der Waals surface area contributed by atoms with Crippen LogP contribution >= 0.6 is 0 Å². The van der Waals surface area contributed by atoms with Crippen molar-refractivity contribution >= 4 is 17.9 Å². The Kier molecular flexibility index (Phi) is 8.14. The third-order valence-electron chi connectivity index (χ3n) is 1.08. The van der Waals surface area contributed by atoms with E-state index in [-0.39, 0.29) is 20.3 Å². The van der Waals surface area contributed by atoms with Gasteiger partial charge in [0.2, 0.25) is 0 Å². The van der Waals surface area contributed by atoms with Crippen molar-refractivity contribution in [1.82, 2.24) is 4.90 Å². The molecule has 0 atom stereocenters. The van der Waals surface area contributed by atoms with Gasteiger partial charge in [0.15, 0.2) is 0 Å². The summed E-state index contributed by atoms with van der Waals surface area (Å²) in [5.41, 5.74) is 0. The molecule has 76 valence electrons. The Morgan fingerprint density at radius 3 is 1.21 bits per heavy atom. The van der Waals surface area contributed by atoms with Gasteiger partial charge < -0.3 is 16.7 Å². The molecule has 8 heteroatoms. The quantitative estimate of drug-likeness (QED) is 0.370. The SMILES string of the molecule is O=C(O)CN(CC(=O)O)CC(=O)O.[H-].[Li+]. The molecule has 0 saturated heterocycles. The monoisotopic (exact) mass is 199 g/mol. The normalized spacial score (nSPS) is 9.21. The van der Waals surface area contributed by atoms with Crippen molar-refractivity contribution in [2.45, 2.75) is 0 Å². The number of hydrogen-bond donors (Lipinski definition) is 3. The van der Waals surface area contributed by atoms with Crippen LogP contribution in [0.4, 0.5) is 0 Å². The Morgan fingerprint density at radius 2 is 1.07 bits per heavy atom. The maximum Gasteiger partial charge on any atom is 1.00 e. The number of carboxylic acids is 3. The molecule has 0 aromatic rings. The summed E-state index contributed by atoms with van der Waals surface area (Å²) in [7, 11) is 0. The van der Waals surface area contributed by atoms with Gasteiger partial charge in [0, 0.05) is 0 Å². The third-order valence-corrected chi connectivity index (χ3v) is 1.08. The molecule has 0 rings (SSSR count). The molecule has 0 amide bonds. The molecule has 0 aromatic carbocycles. The van der Waals surface area contributed by atoms with Crippen LogP contribution in [0.2, 0.25) is 0 Å².